The highest BCUT2D eigenvalue weighted by Gasteiger charge is 2.14. The highest BCUT2D eigenvalue weighted by Crippen LogP contribution is 2.18. The molecule has 28 heavy (non-hydrogen) atoms. The van der Waals surface area contributed by atoms with Crippen LogP contribution in [0.25, 0.3) is 0 Å². The fraction of sp³-hybridized carbons (Fsp3) is 0.381. The molecule has 0 bridgehead atoms. The quantitative estimate of drug-likeness (QED) is 0.794. The molecule has 1 aliphatic rings. The van der Waals surface area contributed by atoms with E-state index in [2.05, 4.69) is 15.2 Å². The lowest BCUT2D eigenvalue weighted by Gasteiger charge is -2.17. The van der Waals surface area contributed by atoms with Crippen molar-refractivity contribution in [1.82, 2.24) is 15.2 Å². The minimum Gasteiger partial charge on any atom is -0.484 e. The van der Waals surface area contributed by atoms with Crippen molar-refractivity contribution >= 4 is 17.6 Å². The fourth-order valence-corrected chi connectivity index (χ4v) is 2.98. The van der Waals surface area contributed by atoms with E-state index in [0.717, 1.165) is 24.5 Å². The van der Waals surface area contributed by atoms with Gasteiger partial charge in [0.25, 0.3) is 11.8 Å². The summed E-state index contributed by atoms with van der Waals surface area (Å²) in [6.07, 6.45) is 4.17. The third-order valence-corrected chi connectivity index (χ3v) is 4.65. The molecule has 2 amide bonds. The molecule has 148 valence electrons. The van der Waals surface area contributed by atoms with Gasteiger partial charge >= 0.3 is 0 Å². The first-order chi connectivity index (χ1) is 13.5. The van der Waals surface area contributed by atoms with E-state index in [9.17, 15) is 9.59 Å². The molecule has 3 rings (SSSR count). The molecule has 1 aliphatic heterocycles. The molecule has 1 aromatic heterocycles. The van der Waals surface area contributed by atoms with E-state index in [1.54, 1.807) is 44.6 Å². The number of carbonyl (C=O) groups excluding carboxylic acids is 2. The Labute approximate surface area is 165 Å². The van der Waals surface area contributed by atoms with Crippen LogP contribution in [0, 0.1) is 0 Å². The molecule has 7 nitrogen and oxygen atoms in total. The summed E-state index contributed by atoms with van der Waals surface area (Å²) in [6, 6.07) is 10.8. The van der Waals surface area contributed by atoms with Gasteiger partial charge in [0.2, 0.25) is 0 Å². The summed E-state index contributed by atoms with van der Waals surface area (Å²) in [4.78, 5) is 32.3. The van der Waals surface area contributed by atoms with E-state index in [1.165, 1.54) is 17.7 Å². The van der Waals surface area contributed by atoms with Crippen LogP contribution < -0.4 is 15.0 Å². The van der Waals surface area contributed by atoms with E-state index >= 15 is 0 Å². The lowest BCUT2D eigenvalue weighted by atomic mass is 10.2. The van der Waals surface area contributed by atoms with Crippen molar-refractivity contribution in [3.8, 4) is 5.75 Å². The maximum atomic E-state index is 12.5. The Balaban J connectivity index is 1.57. The largest absolute Gasteiger partial charge is 0.484 e. The van der Waals surface area contributed by atoms with Gasteiger partial charge in [0.1, 0.15) is 11.6 Å². The van der Waals surface area contributed by atoms with Gasteiger partial charge in [-0.05, 0) is 48.7 Å². The van der Waals surface area contributed by atoms with Crippen LogP contribution in [0.15, 0.2) is 42.6 Å². The highest BCUT2D eigenvalue weighted by molar-refractivity contribution is 5.94. The number of hydrogen-bond acceptors (Lipinski definition) is 5. The number of pyridine rings is 1. The van der Waals surface area contributed by atoms with Crippen LogP contribution in [0.1, 0.15) is 28.8 Å². The summed E-state index contributed by atoms with van der Waals surface area (Å²) < 4.78 is 5.47. The van der Waals surface area contributed by atoms with Crippen LogP contribution in [0.5, 0.6) is 5.75 Å². The zero-order valence-corrected chi connectivity index (χ0v) is 16.4. The van der Waals surface area contributed by atoms with Gasteiger partial charge in [-0.3, -0.25) is 9.59 Å². The van der Waals surface area contributed by atoms with Crippen molar-refractivity contribution < 1.29 is 14.3 Å². The molecule has 0 aliphatic carbocycles. The van der Waals surface area contributed by atoms with Gasteiger partial charge in [0.05, 0.1) is 0 Å². The van der Waals surface area contributed by atoms with Crippen molar-refractivity contribution in [2.24, 2.45) is 0 Å². The summed E-state index contributed by atoms with van der Waals surface area (Å²) in [6.45, 7) is 2.43. The first-order valence-corrected chi connectivity index (χ1v) is 9.44. The summed E-state index contributed by atoms with van der Waals surface area (Å²) in [5, 5.41) is 2.93. The monoisotopic (exact) mass is 382 g/mol. The van der Waals surface area contributed by atoms with Crippen LogP contribution in [-0.4, -0.2) is 55.5 Å². The van der Waals surface area contributed by atoms with Crippen molar-refractivity contribution in [3.05, 3.63) is 53.7 Å². The molecule has 1 saturated heterocycles. The van der Waals surface area contributed by atoms with Crippen molar-refractivity contribution in [1.29, 1.82) is 0 Å². The van der Waals surface area contributed by atoms with E-state index in [1.807, 2.05) is 12.1 Å². The SMILES string of the molecule is CN(C)C(=O)COc1cccc(C(=O)NCc2ccnc(N3CCCC3)c2)c1. The lowest BCUT2D eigenvalue weighted by Crippen LogP contribution is -2.27. The Hall–Kier alpha value is -3.09. The molecule has 0 radical (unpaired) electrons. The van der Waals surface area contributed by atoms with Gasteiger partial charge < -0.3 is 19.9 Å². The highest BCUT2D eigenvalue weighted by atomic mass is 16.5. The number of amides is 2. The number of rotatable bonds is 7. The van der Waals surface area contributed by atoms with Crippen LogP contribution in [0.4, 0.5) is 5.82 Å². The van der Waals surface area contributed by atoms with E-state index in [-0.39, 0.29) is 18.4 Å². The van der Waals surface area contributed by atoms with Crippen LogP contribution in [-0.2, 0) is 11.3 Å². The summed E-state index contributed by atoms with van der Waals surface area (Å²) in [5.41, 5.74) is 1.50. The number of nitrogens with one attached hydrogen (secondary N) is 1. The molecule has 0 saturated carbocycles. The number of anilines is 1. The lowest BCUT2D eigenvalue weighted by molar-refractivity contribution is -0.130. The Morgan fingerprint density at radius 2 is 1.96 bits per heavy atom. The Bertz CT molecular complexity index is 832. The average Bonchev–Trinajstić information content (AvgIpc) is 3.25. The summed E-state index contributed by atoms with van der Waals surface area (Å²) >= 11 is 0. The van der Waals surface area contributed by atoms with Crippen LogP contribution >= 0.6 is 0 Å². The Morgan fingerprint density at radius 1 is 1.18 bits per heavy atom. The van der Waals surface area contributed by atoms with E-state index in [4.69, 9.17) is 4.74 Å². The smallest absolute Gasteiger partial charge is 0.259 e. The fourth-order valence-electron chi connectivity index (χ4n) is 2.98. The van der Waals surface area contributed by atoms with E-state index < -0.39 is 0 Å². The number of hydrogen-bond donors (Lipinski definition) is 1. The van der Waals surface area contributed by atoms with Gasteiger partial charge in [-0.15, -0.1) is 0 Å². The Kier molecular flexibility index (Phi) is 6.47. The standard InChI is InChI=1S/C21H26N4O3/c1-24(2)20(26)15-28-18-7-5-6-17(13-18)21(27)23-14-16-8-9-22-19(12-16)25-10-3-4-11-25/h5-9,12-13H,3-4,10-11,14-15H2,1-2H3,(H,23,27). The maximum absolute atomic E-state index is 12.5. The third-order valence-electron chi connectivity index (χ3n) is 4.65. The topological polar surface area (TPSA) is 74.8 Å². The average molecular weight is 382 g/mol. The minimum atomic E-state index is -0.191. The number of ether oxygens (including phenoxy) is 1. The molecule has 0 spiro atoms. The van der Waals surface area contributed by atoms with Crippen LogP contribution in [0.3, 0.4) is 0 Å². The van der Waals surface area contributed by atoms with Gasteiger partial charge in [-0.1, -0.05) is 6.07 Å². The number of likely N-dealkylation sites (N-methyl/N-ethyl adjacent to an activating group) is 1. The van der Waals surface area contributed by atoms with Gasteiger partial charge in [-0.2, -0.15) is 0 Å². The molecule has 7 heteroatoms. The maximum Gasteiger partial charge on any atom is 0.259 e. The zero-order chi connectivity index (χ0) is 19.9. The second-order valence-electron chi connectivity index (χ2n) is 7.00. The number of aromatic nitrogens is 1. The molecule has 1 fully saturated rings. The second-order valence-corrected chi connectivity index (χ2v) is 7.00. The number of carbonyl (C=O) groups is 2. The van der Waals surface area contributed by atoms with Gasteiger partial charge in [-0.25, -0.2) is 4.98 Å². The molecule has 0 unspecified atom stereocenters. The molecular weight excluding hydrogens is 356 g/mol. The zero-order valence-electron chi connectivity index (χ0n) is 16.4. The molecule has 1 N–H and O–H groups in total. The predicted molar refractivity (Wildman–Crippen MR) is 107 cm³/mol. The van der Waals surface area contributed by atoms with Crippen molar-refractivity contribution in [2.45, 2.75) is 19.4 Å². The first-order valence-electron chi connectivity index (χ1n) is 9.44. The number of benzene rings is 1. The molecule has 2 aromatic rings. The second kappa shape index (κ2) is 9.21. The normalized spacial score (nSPS) is 13.3. The molecule has 0 atom stereocenters. The molecular formula is C21H26N4O3. The molecule has 2 heterocycles. The third kappa shape index (κ3) is 5.22. The van der Waals surface area contributed by atoms with Crippen LogP contribution in [0.2, 0.25) is 0 Å². The Morgan fingerprint density at radius 3 is 2.71 bits per heavy atom. The van der Waals surface area contributed by atoms with Gasteiger partial charge in [0, 0.05) is 45.5 Å². The molecule has 1 aromatic carbocycles. The minimum absolute atomic E-state index is 0.0611. The predicted octanol–water partition coefficient (Wildman–Crippen LogP) is 2.08. The summed E-state index contributed by atoms with van der Waals surface area (Å²) in [7, 11) is 3.34. The van der Waals surface area contributed by atoms with Crippen molar-refractivity contribution in [2.75, 3.05) is 38.7 Å². The van der Waals surface area contributed by atoms with Gasteiger partial charge in [0.15, 0.2) is 6.61 Å². The van der Waals surface area contributed by atoms with E-state index in [0.29, 0.717) is 17.9 Å². The first kappa shape index (κ1) is 19.7. The summed E-state index contributed by atoms with van der Waals surface area (Å²) in [5.74, 6) is 1.12. The van der Waals surface area contributed by atoms with Crippen molar-refractivity contribution in [3.63, 3.8) is 0 Å². The number of nitrogens with zero attached hydrogens (tertiary/aromatic N) is 3.